The molecular formula is C8H8N6O2S. The van der Waals surface area contributed by atoms with Gasteiger partial charge < -0.3 is 11.1 Å². The topological polar surface area (TPSA) is 120 Å². The normalized spacial score (nSPS) is 10.1. The second-order valence-corrected chi connectivity index (χ2v) is 3.77. The van der Waals surface area contributed by atoms with Gasteiger partial charge >= 0.3 is 5.69 Å². The lowest BCUT2D eigenvalue weighted by Crippen LogP contribution is -2.08. The standard InChI is InChI=1S/C8H8N6O2S/c9-7-6(14(15)16)8(12-3-11-7)10-1-5-2-17-4-13-5/h2-4H,1H2,(H3,9,10,11,12). The monoisotopic (exact) mass is 252 g/mol. The van der Waals surface area contributed by atoms with E-state index in [9.17, 15) is 10.1 Å². The first-order chi connectivity index (χ1) is 8.18. The van der Waals surface area contributed by atoms with Crippen LogP contribution in [0.5, 0.6) is 0 Å². The molecule has 2 aromatic heterocycles. The summed E-state index contributed by atoms with van der Waals surface area (Å²) in [6.45, 7) is 0.348. The van der Waals surface area contributed by atoms with Gasteiger partial charge in [0.2, 0.25) is 11.6 Å². The maximum atomic E-state index is 10.8. The van der Waals surface area contributed by atoms with Gasteiger partial charge in [0.15, 0.2) is 0 Å². The van der Waals surface area contributed by atoms with E-state index in [1.165, 1.54) is 17.7 Å². The zero-order valence-electron chi connectivity index (χ0n) is 8.53. The number of hydrogen-bond donors (Lipinski definition) is 2. The SMILES string of the molecule is Nc1ncnc(NCc2cscn2)c1[N+](=O)[O-]. The fourth-order valence-electron chi connectivity index (χ4n) is 1.20. The van der Waals surface area contributed by atoms with Gasteiger partial charge in [-0.3, -0.25) is 10.1 Å². The quantitative estimate of drug-likeness (QED) is 0.616. The molecule has 0 aliphatic heterocycles. The summed E-state index contributed by atoms with van der Waals surface area (Å²) in [5, 5.41) is 15.4. The summed E-state index contributed by atoms with van der Waals surface area (Å²) < 4.78 is 0. The highest BCUT2D eigenvalue weighted by Crippen LogP contribution is 2.26. The Bertz CT molecular complexity index is 529. The summed E-state index contributed by atoms with van der Waals surface area (Å²) in [5.41, 5.74) is 7.57. The molecule has 0 saturated carbocycles. The van der Waals surface area contributed by atoms with E-state index >= 15 is 0 Å². The third kappa shape index (κ3) is 2.45. The minimum Gasteiger partial charge on any atom is -0.378 e. The largest absolute Gasteiger partial charge is 0.378 e. The summed E-state index contributed by atoms with van der Waals surface area (Å²) in [6.07, 6.45) is 1.17. The van der Waals surface area contributed by atoms with E-state index in [1.54, 1.807) is 5.51 Å². The van der Waals surface area contributed by atoms with Crippen molar-refractivity contribution in [3.05, 3.63) is 33.0 Å². The van der Waals surface area contributed by atoms with Gasteiger partial charge in [-0.25, -0.2) is 15.0 Å². The van der Waals surface area contributed by atoms with Crippen LogP contribution in [0.4, 0.5) is 17.3 Å². The van der Waals surface area contributed by atoms with Crippen LogP contribution in [0.1, 0.15) is 5.69 Å². The highest BCUT2D eigenvalue weighted by atomic mass is 32.1. The number of rotatable bonds is 4. The molecule has 0 amide bonds. The first-order valence-corrected chi connectivity index (χ1v) is 5.48. The van der Waals surface area contributed by atoms with Gasteiger partial charge in [0, 0.05) is 5.38 Å². The Balaban J connectivity index is 2.21. The average molecular weight is 252 g/mol. The predicted molar refractivity (Wildman–Crippen MR) is 62.5 cm³/mol. The molecule has 0 aliphatic carbocycles. The van der Waals surface area contributed by atoms with Crippen molar-refractivity contribution in [2.75, 3.05) is 11.1 Å². The number of nitrogens with zero attached hydrogens (tertiary/aromatic N) is 4. The molecule has 17 heavy (non-hydrogen) atoms. The van der Waals surface area contributed by atoms with Crippen molar-refractivity contribution in [2.45, 2.75) is 6.54 Å². The molecule has 0 saturated heterocycles. The number of anilines is 2. The first kappa shape index (κ1) is 11.2. The second-order valence-electron chi connectivity index (χ2n) is 3.05. The lowest BCUT2D eigenvalue weighted by Gasteiger charge is -2.04. The summed E-state index contributed by atoms with van der Waals surface area (Å²) in [6, 6.07) is 0. The van der Waals surface area contributed by atoms with Gasteiger partial charge in [-0.15, -0.1) is 11.3 Å². The molecular weight excluding hydrogens is 244 g/mol. The van der Waals surface area contributed by atoms with Gasteiger partial charge in [-0.05, 0) is 0 Å². The van der Waals surface area contributed by atoms with Crippen molar-refractivity contribution in [3.63, 3.8) is 0 Å². The summed E-state index contributed by atoms with van der Waals surface area (Å²) in [4.78, 5) is 21.6. The highest BCUT2D eigenvalue weighted by molar-refractivity contribution is 7.07. The summed E-state index contributed by atoms with van der Waals surface area (Å²) in [7, 11) is 0. The van der Waals surface area contributed by atoms with Crippen LogP contribution < -0.4 is 11.1 Å². The van der Waals surface area contributed by atoms with Crippen molar-refractivity contribution in [2.24, 2.45) is 0 Å². The highest BCUT2D eigenvalue weighted by Gasteiger charge is 2.20. The van der Waals surface area contributed by atoms with E-state index in [4.69, 9.17) is 5.73 Å². The van der Waals surface area contributed by atoms with E-state index in [1.807, 2.05) is 5.38 Å². The fourth-order valence-corrected chi connectivity index (χ4v) is 1.76. The van der Waals surface area contributed by atoms with E-state index in [0.717, 1.165) is 5.69 Å². The number of nitrogens with two attached hydrogens (primary N) is 1. The minimum atomic E-state index is -0.612. The van der Waals surface area contributed by atoms with Gasteiger partial charge in [0.05, 0.1) is 22.7 Å². The Kier molecular flexibility index (Phi) is 3.10. The molecule has 2 aromatic rings. The zero-order chi connectivity index (χ0) is 12.3. The van der Waals surface area contributed by atoms with Crippen LogP contribution in [0, 0.1) is 10.1 Å². The molecule has 0 unspecified atom stereocenters. The van der Waals surface area contributed by atoms with E-state index < -0.39 is 4.92 Å². The van der Waals surface area contributed by atoms with E-state index in [-0.39, 0.29) is 17.3 Å². The van der Waals surface area contributed by atoms with E-state index in [0.29, 0.717) is 6.54 Å². The van der Waals surface area contributed by atoms with Crippen LogP contribution in [-0.4, -0.2) is 19.9 Å². The number of thiazole rings is 1. The summed E-state index contributed by atoms with van der Waals surface area (Å²) in [5.74, 6) is -0.0683. The Morgan fingerprint density at radius 1 is 1.47 bits per heavy atom. The Morgan fingerprint density at radius 3 is 2.94 bits per heavy atom. The van der Waals surface area contributed by atoms with Crippen LogP contribution in [0.3, 0.4) is 0 Å². The molecule has 9 heteroatoms. The van der Waals surface area contributed by atoms with Gasteiger partial charge in [0.1, 0.15) is 6.33 Å². The van der Waals surface area contributed by atoms with Crippen LogP contribution >= 0.6 is 11.3 Å². The second kappa shape index (κ2) is 4.70. The Morgan fingerprint density at radius 2 is 2.29 bits per heavy atom. The van der Waals surface area contributed by atoms with Crippen LogP contribution in [0.15, 0.2) is 17.2 Å². The van der Waals surface area contributed by atoms with Crippen LogP contribution in [0.2, 0.25) is 0 Å². The molecule has 0 spiro atoms. The molecule has 2 heterocycles. The smallest absolute Gasteiger partial charge is 0.352 e. The lowest BCUT2D eigenvalue weighted by atomic mass is 10.4. The number of nitrogens with one attached hydrogen (secondary N) is 1. The molecule has 0 bridgehead atoms. The molecule has 0 fully saturated rings. The fraction of sp³-hybridized carbons (Fsp3) is 0.125. The molecule has 0 atom stereocenters. The molecule has 88 valence electrons. The maximum absolute atomic E-state index is 10.8. The first-order valence-electron chi connectivity index (χ1n) is 4.54. The number of nitrogen functional groups attached to an aromatic ring is 1. The molecule has 2 rings (SSSR count). The van der Waals surface area contributed by atoms with Crippen molar-refractivity contribution in [1.29, 1.82) is 0 Å². The Hall–Kier alpha value is -2.29. The van der Waals surface area contributed by atoms with Gasteiger partial charge in [-0.1, -0.05) is 0 Å². The van der Waals surface area contributed by atoms with Crippen molar-refractivity contribution in [1.82, 2.24) is 15.0 Å². The van der Waals surface area contributed by atoms with E-state index in [2.05, 4.69) is 20.3 Å². The Labute approximate surface area is 99.7 Å². The predicted octanol–water partition coefficient (Wildman–Crippen LogP) is 1.04. The molecule has 0 aliphatic rings. The lowest BCUT2D eigenvalue weighted by molar-refractivity contribution is -0.383. The third-order valence-corrected chi connectivity index (χ3v) is 2.59. The number of aromatic nitrogens is 3. The zero-order valence-corrected chi connectivity index (χ0v) is 9.35. The molecule has 8 nitrogen and oxygen atoms in total. The van der Waals surface area contributed by atoms with Gasteiger partial charge in [0.25, 0.3) is 0 Å². The minimum absolute atomic E-state index is 0.0931. The average Bonchev–Trinajstić information content (AvgIpc) is 2.78. The van der Waals surface area contributed by atoms with Crippen molar-refractivity contribution in [3.8, 4) is 0 Å². The third-order valence-electron chi connectivity index (χ3n) is 1.95. The summed E-state index contributed by atoms with van der Waals surface area (Å²) >= 11 is 1.45. The van der Waals surface area contributed by atoms with Crippen LogP contribution in [0.25, 0.3) is 0 Å². The molecule has 0 radical (unpaired) electrons. The molecule has 0 aromatic carbocycles. The van der Waals surface area contributed by atoms with Crippen molar-refractivity contribution >= 4 is 28.7 Å². The maximum Gasteiger partial charge on any atom is 0.352 e. The number of hydrogen-bond acceptors (Lipinski definition) is 8. The van der Waals surface area contributed by atoms with Crippen LogP contribution in [-0.2, 0) is 6.54 Å². The number of nitro groups is 1. The van der Waals surface area contributed by atoms with Gasteiger partial charge in [-0.2, -0.15) is 0 Å². The van der Waals surface area contributed by atoms with Crippen molar-refractivity contribution < 1.29 is 4.92 Å². The molecule has 3 N–H and O–H groups in total.